The van der Waals surface area contributed by atoms with E-state index in [2.05, 4.69) is 4.98 Å². The standard InChI is InChI=1S/C22H18Cl2F3NO3/c1-13-18(25)19(26)22(28-21(13)27)30-9-5-8-29-20-16(23)10-15(11-17(20)24)31-12-14-6-3-2-4-7-14/h2-4,6-7,10-11H,5,8-9,12H2,1H3. The first-order chi connectivity index (χ1) is 14.9. The summed E-state index contributed by atoms with van der Waals surface area (Å²) >= 11 is 12.5. The maximum Gasteiger partial charge on any atom is 0.256 e. The van der Waals surface area contributed by atoms with Gasteiger partial charge in [0, 0.05) is 24.1 Å². The lowest BCUT2D eigenvalue weighted by atomic mass is 10.2. The molecule has 0 spiro atoms. The number of pyridine rings is 1. The third-order valence-corrected chi connectivity index (χ3v) is 4.77. The van der Waals surface area contributed by atoms with Crippen LogP contribution in [0.15, 0.2) is 42.5 Å². The number of hydrogen-bond donors (Lipinski definition) is 0. The van der Waals surface area contributed by atoms with Gasteiger partial charge in [-0.15, -0.1) is 0 Å². The van der Waals surface area contributed by atoms with Gasteiger partial charge in [0.2, 0.25) is 11.8 Å². The molecule has 31 heavy (non-hydrogen) atoms. The van der Waals surface area contributed by atoms with E-state index >= 15 is 0 Å². The van der Waals surface area contributed by atoms with Gasteiger partial charge in [-0.25, -0.2) is 4.39 Å². The summed E-state index contributed by atoms with van der Waals surface area (Å²) in [5.74, 6) is -3.79. The highest BCUT2D eigenvalue weighted by Crippen LogP contribution is 2.37. The zero-order valence-electron chi connectivity index (χ0n) is 16.4. The first-order valence-corrected chi connectivity index (χ1v) is 10.0. The van der Waals surface area contributed by atoms with E-state index in [9.17, 15) is 13.2 Å². The Balaban J connectivity index is 1.50. The molecule has 4 nitrogen and oxygen atoms in total. The summed E-state index contributed by atoms with van der Waals surface area (Å²) in [5, 5.41) is 0.513. The molecule has 1 aromatic heterocycles. The van der Waals surface area contributed by atoms with Crippen LogP contribution in [0.25, 0.3) is 0 Å². The largest absolute Gasteiger partial charge is 0.490 e. The minimum atomic E-state index is -1.34. The molecule has 0 aliphatic heterocycles. The molecule has 1 heterocycles. The molecule has 0 atom stereocenters. The molecule has 3 rings (SSSR count). The second-order valence-electron chi connectivity index (χ2n) is 6.50. The first kappa shape index (κ1) is 23.0. The quantitative estimate of drug-likeness (QED) is 0.262. The van der Waals surface area contributed by atoms with Gasteiger partial charge in [0.15, 0.2) is 11.6 Å². The van der Waals surface area contributed by atoms with Gasteiger partial charge in [-0.05, 0) is 12.5 Å². The Labute approximate surface area is 187 Å². The molecule has 0 saturated heterocycles. The molecule has 0 saturated carbocycles. The van der Waals surface area contributed by atoms with Gasteiger partial charge in [0.1, 0.15) is 12.4 Å². The van der Waals surface area contributed by atoms with E-state index in [1.807, 2.05) is 30.3 Å². The van der Waals surface area contributed by atoms with E-state index in [0.717, 1.165) is 12.5 Å². The van der Waals surface area contributed by atoms with Crippen LogP contribution in [0.2, 0.25) is 10.0 Å². The number of ether oxygens (including phenoxy) is 3. The summed E-state index contributed by atoms with van der Waals surface area (Å²) < 4.78 is 56.9. The third kappa shape index (κ3) is 5.95. The van der Waals surface area contributed by atoms with E-state index in [4.69, 9.17) is 37.4 Å². The fourth-order valence-electron chi connectivity index (χ4n) is 2.57. The first-order valence-electron chi connectivity index (χ1n) is 9.29. The molecule has 0 aliphatic rings. The van der Waals surface area contributed by atoms with Crippen LogP contribution in [0.5, 0.6) is 17.4 Å². The summed E-state index contributed by atoms with van der Waals surface area (Å²) in [6.45, 7) is 1.47. The zero-order valence-corrected chi connectivity index (χ0v) is 17.9. The Hall–Kier alpha value is -2.64. The molecule has 3 aromatic rings. The average molecular weight is 472 g/mol. The monoisotopic (exact) mass is 471 g/mol. The van der Waals surface area contributed by atoms with Gasteiger partial charge in [-0.1, -0.05) is 53.5 Å². The molecular formula is C22H18Cl2F3NO3. The van der Waals surface area contributed by atoms with Crippen molar-refractivity contribution >= 4 is 23.2 Å². The smallest absolute Gasteiger partial charge is 0.256 e. The highest BCUT2D eigenvalue weighted by atomic mass is 35.5. The van der Waals surface area contributed by atoms with Crippen molar-refractivity contribution in [2.24, 2.45) is 0 Å². The van der Waals surface area contributed by atoms with Crippen LogP contribution in [0.1, 0.15) is 17.5 Å². The minimum Gasteiger partial charge on any atom is -0.490 e. The summed E-state index contributed by atoms with van der Waals surface area (Å²) in [5.41, 5.74) is 0.489. The second-order valence-corrected chi connectivity index (χ2v) is 7.32. The van der Waals surface area contributed by atoms with Crippen LogP contribution < -0.4 is 14.2 Å². The summed E-state index contributed by atoms with van der Waals surface area (Å²) in [6, 6.07) is 12.8. The van der Waals surface area contributed by atoms with Crippen molar-refractivity contribution < 1.29 is 27.4 Å². The molecule has 2 aromatic carbocycles. The van der Waals surface area contributed by atoms with E-state index in [0.29, 0.717) is 12.4 Å². The Bertz CT molecular complexity index is 1030. The summed E-state index contributed by atoms with van der Waals surface area (Å²) in [4.78, 5) is 3.27. The van der Waals surface area contributed by atoms with Gasteiger partial charge < -0.3 is 14.2 Å². The lowest BCUT2D eigenvalue weighted by Crippen LogP contribution is -2.09. The Morgan fingerprint density at radius 1 is 0.871 bits per heavy atom. The van der Waals surface area contributed by atoms with Crippen LogP contribution >= 0.6 is 23.2 Å². The lowest BCUT2D eigenvalue weighted by molar-refractivity contribution is 0.229. The van der Waals surface area contributed by atoms with Crippen LogP contribution in [0, 0.1) is 24.5 Å². The highest BCUT2D eigenvalue weighted by Gasteiger charge is 2.18. The van der Waals surface area contributed by atoms with Gasteiger partial charge in [0.25, 0.3) is 5.88 Å². The molecular weight excluding hydrogens is 454 g/mol. The summed E-state index contributed by atoms with van der Waals surface area (Å²) in [7, 11) is 0. The van der Waals surface area contributed by atoms with Crippen molar-refractivity contribution in [1.82, 2.24) is 4.98 Å². The number of hydrogen-bond acceptors (Lipinski definition) is 4. The fourth-order valence-corrected chi connectivity index (χ4v) is 3.14. The molecule has 0 bridgehead atoms. The van der Waals surface area contributed by atoms with Crippen molar-refractivity contribution in [3.05, 3.63) is 81.2 Å². The number of nitrogens with zero attached hydrogens (tertiary/aromatic N) is 1. The highest BCUT2D eigenvalue weighted by molar-refractivity contribution is 6.37. The van der Waals surface area contributed by atoms with E-state index in [1.165, 1.54) is 0 Å². The number of benzene rings is 2. The average Bonchev–Trinajstić information content (AvgIpc) is 2.76. The predicted octanol–water partition coefficient (Wildman–Crippen LogP) is 6.54. The van der Waals surface area contributed by atoms with Crippen molar-refractivity contribution in [2.45, 2.75) is 20.0 Å². The Kier molecular flexibility index (Phi) is 7.87. The van der Waals surface area contributed by atoms with Gasteiger partial charge >= 0.3 is 0 Å². The number of halogens is 5. The van der Waals surface area contributed by atoms with E-state index < -0.39 is 29.0 Å². The predicted molar refractivity (Wildman–Crippen MR) is 112 cm³/mol. The van der Waals surface area contributed by atoms with Crippen LogP contribution in [-0.2, 0) is 6.61 Å². The van der Waals surface area contributed by atoms with Crippen LogP contribution in [0.3, 0.4) is 0 Å². The van der Waals surface area contributed by atoms with Gasteiger partial charge in [0.05, 0.1) is 23.3 Å². The van der Waals surface area contributed by atoms with Crippen molar-refractivity contribution in [1.29, 1.82) is 0 Å². The lowest BCUT2D eigenvalue weighted by Gasteiger charge is -2.13. The van der Waals surface area contributed by atoms with Gasteiger partial charge in [-0.2, -0.15) is 13.8 Å². The fraction of sp³-hybridized carbons (Fsp3) is 0.227. The number of rotatable bonds is 9. The molecule has 0 unspecified atom stereocenters. The van der Waals surface area contributed by atoms with Crippen molar-refractivity contribution in [2.75, 3.05) is 13.2 Å². The van der Waals surface area contributed by atoms with Crippen LogP contribution in [-0.4, -0.2) is 18.2 Å². The minimum absolute atomic E-state index is 0.0840. The van der Waals surface area contributed by atoms with Crippen LogP contribution in [0.4, 0.5) is 13.2 Å². The number of aromatic nitrogens is 1. The maximum absolute atomic E-state index is 13.7. The SMILES string of the molecule is Cc1c(F)nc(OCCCOc2c(Cl)cc(OCc3ccccc3)cc2Cl)c(F)c1F. The molecule has 0 fully saturated rings. The zero-order chi connectivity index (χ0) is 22.4. The normalized spacial score (nSPS) is 10.8. The Morgan fingerprint density at radius 3 is 2.19 bits per heavy atom. The van der Waals surface area contributed by atoms with E-state index in [-0.39, 0.29) is 35.4 Å². The van der Waals surface area contributed by atoms with Crippen molar-refractivity contribution in [3.8, 4) is 17.4 Å². The second kappa shape index (κ2) is 10.6. The molecule has 0 aliphatic carbocycles. The Morgan fingerprint density at radius 2 is 1.52 bits per heavy atom. The maximum atomic E-state index is 13.7. The molecule has 164 valence electrons. The molecule has 9 heteroatoms. The third-order valence-electron chi connectivity index (χ3n) is 4.21. The van der Waals surface area contributed by atoms with Crippen molar-refractivity contribution in [3.63, 3.8) is 0 Å². The topological polar surface area (TPSA) is 40.6 Å². The summed E-state index contributed by atoms with van der Waals surface area (Å²) in [6.07, 6.45) is 0.261. The molecule has 0 amide bonds. The van der Waals surface area contributed by atoms with E-state index in [1.54, 1.807) is 12.1 Å². The molecule has 0 N–H and O–H groups in total. The molecule has 0 radical (unpaired) electrons. The van der Waals surface area contributed by atoms with Gasteiger partial charge in [-0.3, -0.25) is 0 Å².